The highest BCUT2D eigenvalue weighted by molar-refractivity contribution is 5.79. The van der Waals surface area contributed by atoms with Gasteiger partial charge in [-0.3, -0.25) is 9.59 Å². The number of carboxylic acid groups (broad SMARTS) is 1. The number of rotatable bonds is 5. The number of hydrogen-bond donors (Lipinski definition) is 3. The molecular weight excluding hydrogens is 260 g/mol. The lowest BCUT2D eigenvalue weighted by atomic mass is 9.80. The summed E-state index contributed by atoms with van der Waals surface area (Å²) in [6.07, 6.45) is 3.59. The number of carboxylic acids is 1. The van der Waals surface area contributed by atoms with Crippen molar-refractivity contribution in [3.63, 3.8) is 0 Å². The molecule has 0 spiro atoms. The van der Waals surface area contributed by atoms with Gasteiger partial charge in [0.15, 0.2) is 0 Å². The molecule has 0 aliphatic carbocycles. The number of amides is 1. The summed E-state index contributed by atoms with van der Waals surface area (Å²) in [5.41, 5.74) is -0.848. The van der Waals surface area contributed by atoms with Gasteiger partial charge in [-0.15, -0.1) is 0 Å². The highest BCUT2D eigenvalue weighted by Crippen LogP contribution is 2.30. The molecule has 1 amide bonds. The van der Waals surface area contributed by atoms with Crippen molar-refractivity contribution in [1.82, 2.24) is 10.6 Å². The minimum Gasteiger partial charge on any atom is -0.481 e. The Labute approximate surface area is 119 Å². The average molecular weight is 284 g/mol. The maximum Gasteiger partial charge on any atom is 0.311 e. The third-order valence-corrected chi connectivity index (χ3v) is 4.40. The fourth-order valence-electron chi connectivity index (χ4n) is 2.93. The highest BCUT2D eigenvalue weighted by Gasteiger charge is 2.40. The summed E-state index contributed by atoms with van der Waals surface area (Å²) in [6, 6.07) is 0. The Kier molecular flexibility index (Phi) is 5.37. The van der Waals surface area contributed by atoms with Gasteiger partial charge in [-0.25, -0.2) is 0 Å². The summed E-state index contributed by atoms with van der Waals surface area (Å²) in [5.74, 6) is -0.495. The molecule has 1 atom stereocenters. The molecule has 2 aliphatic heterocycles. The topological polar surface area (TPSA) is 87.7 Å². The predicted molar refractivity (Wildman–Crippen MR) is 73.3 cm³/mol. The van der Waals surface area contributed by atoms with Crippen LogP contribution in [0, 0.1) is 11.3 Å². The van der Waals surface area contributed by atoms with Crippen LogP contribution in [0.4, 0.5) is 0 Å². The molecule has 114 valence electrons. The normalized spacial score (nSPS) is 25.9. The van der Waals surface area contributed by atoms with Gasteiger partial charge in [-0.05, 0) is 44.7 Å². The number of nitrogens with one attached hydrogen (secondary N) is 2. The van der Waals surface area contributed by atoms with E-state index in [2.05, 4.69) is 10.6 Å². The first-order chi connectivity index (χ1) is 9.62. The van der Waals surface area contributed by atoms with E-state index in [0.29, 0.717) is 38.4 Å². The van der Waals surface area contributed by atoms with Crippen LogP contribution in [-0.4, -0.2) is 49.8 Å². The van der Waals surface area contributed by atoms with Crippen LogP contribution in [0.15, 0.2) is 0 Å². The Morgan fingerprint density at radius 2 is 2.10 bits per heavy atom. The van der Waals surface area contributed by atoms with E-state index in [-0.39, 0.29) is 12.5 Å². The molecule has 20 heavy (non-hydrogen) atoms. The van der Waals surface area contributed by atoms with Gasteiger partial charge in [-0.1, -0.05) is 0 Å². The molecule has 0 aromatic carbocycles. The second-order valence-corrected chi connectivity index (χ2v) is 5.89. The lowest BCUT2D eigenvalue weighted by Crippen LogP contribution is -2.47. The maximum atomic E-state index is 12.0. The van der Waals surface area contributed by atoms with Crippen molar-refractivity contribution in [3.8, 4) is 0 Å². The zero-order valence-electron chi connectivity index (χ0n) is 11.8. The van der Waals surface area contributed by atoms with E-state index in [1.54, 1.807) is 0 Å². The van der Waals surface area contributed by atoms with Gasteiger partial charge in [0.05, 0.1) is 5.41 Å². The van der Waals surface area contributed by atoms with Crippen molar-refractivity contribution < 1.29 is 19.4 Å². The first-order valence-corrected chi connectivity index (χ1v) is 7.41. The zero-order chi connectivity index (χ0) is 14.4. The number of hydrogen-bond acceptors (Lipinski definition) is 4. The average Bonchev–Trinajstić information content (AvgIpc) is 2.47. The number of ether oxygens (including phenoxy) is 1. The van der Waals surface area contributed by atoms with Gasteiger partial charge in [-0.2, -0.15) is 0 Å². The van der Waals surface area contributed by atoms with Crippen molar-refractivity contribution in [3.05, 3.63) is 0 Å². The molecular formula is C14H24N2O4. The zero-order valence-corrected chi connectivity index (χ0v) is 11.8. The molecule has 1 unspecified atom stereocenters. The van der Waals surface area contributed by atoms with E-state index in [9.17, 15) is 14.7 Å². The van der Waals surface area contributed by atoms with E-state index in [1.807, 2.05) is 0 Å². The summed E-state index contributed by atoms with van der Waals surface area (Å²) in [4.78, 5) is 23.4. The molecule has 0 aromatic heterocycles. The molecule has 2 heterocycles. The third kappa shape index (κ3) is 3.93. The van der Waals surface area contributed by atoms with Crippen LogP contribution in [0.5, 0.6) is 0 Å². The molecule has 6 heteroatoms. The fraction of sp³-hybridized carbons (Fsp3) is 0.857. The van der Waals surface area contributed by atoms with Gasteiger partial charge in [0.2, 0.25) is 5.91 Å². The first kappa shape index (κ1) is 15.3. The van der Waals surface area contributed by atoms with E-state index >= 15 is 0 Å². The van der Waals surface area contributed by atoms with E-state index in [0.717, 1.165) is 25.9 Å². The van der Waals surface area contributed by atoms with E-state index in [1.165, 1.54) is 0 Å². The first-order valence-electron chi connectivity index (χ1n) is 7.41. The summed E-state index contributed by atoms with van der Waals surface area (Å²) in [5, 5.41) is 15.5. The third-order valence-electron chi connectivity index (χ3n) is 4.40. The van der Waals surface area contributed by atoms with Crippen molar-refractivity contribution >= 4 is 11.9 Å². The number of piperidine rings is 1. The summed E-state index contributed by atoms with van der Waals surface area (Å²) < 4.78 is 5.22. The van der Waals surface area contributed by atoms with Crippen molar-refractivity contribution in [1.29, 1.82) is 0 Å². The van der Waals surface area contributed by atoms with E-state index in [4.69, 9.17) is 4.74 Å². The minimum atomic E-state index is -0.848. The lowest BCUT2D eigenvalue weighted by molar-refractivity contribution is -0.154. The van der Waals surface area contributed by atoms with Gasteiger partial charge in [0, 0.05) is 26.2 Å². The number of carbonyl (C=O) groups is 2. The second-order valence-electron chi connectivity index (χ2n) is 5.89. The Morgan fingerprint density at radius 3 is 2.70 bits per heavy atom. The molecule has 3 N–H and O–H groups in total. The minimum absolute atomic E-state index is 0.0363. The molecule has 0 radical (unpaired) electrons. The molecule has 2 saturated heterocycles. The van der Waals surface area contributed by atoms with Crippen molar-refractivity contribution in [2.45, 2.75) is 32.1 Å². The maximum absolute atomic E-state index is 12.0. The standard InChI is InChI=1S/C14H24N2O4/c17-12(8-11-2-1-5-15-9-11)16-10-14(13(18)19)3-6-20-7-4-14/h11,15H,1-10H2,(H,16,17)(H,18,19). The summed E-state index contributed by atoms with van der Waals surface area (Å²) in [6.45, 7) is 3.03. The Balaban J connectivity index is 1.79. The summed E-state index contributed by atoms with van der Waals surface area (Å²) in [7, 11) is 0. The molecule has 0 aromatic rings. The van der Waals surface area contributed by atoms with Crippen molar-refractivity contribution in [2.24, 2.45) is 11.3 Å². The monoisotopic (exact) mass is 284 g/mol. The van der Waals surface area contributed by atoms with Gasteiger partial charge >= 0.3 is 5.97 Å². The largest absolute Gasteiger partial charge is 0.481 e. The number of aliphatic carboxylic acids is 1. The molecule has 0 saturated carbocycles. The highest BCUT2D eigenvalue weighted by atomic mass is 16.5. The van der Waals surface area contributed by atoms with Crippen LogP contribution >= 0.6 is 0 Å². The SMILES string of the molecule is O=C(CC1CCCNC1)NCC1(C(=O)O)CCOCC1. The number of carbonyl (C=O) groups excluding carboxylic acids is 1. The van der Waals surface area contributed by atoms with Crippen LogP contribution in [0.1, 0.15) is 32.1 Å². The van der Waals surface area contributed by atoms with Gasteiger partial charge < -0.3 is 20.5 Å². The summed E-state index contributed by atoms with van der Waals surface area (Å²) >= 11 is 0. The quantitative estimate of drug-likeness (QED) is 0.679. The van der Waals surface area contributed by atoms with Crippen LogP contribution in [0.2, 0.25) is 0 Å². The van der Waals surface area contributed by atoms with E-state index < -0.39 is 11.4 Å². The van der Waals surface area contributed by atoms with Crippen LogP contribution in [-0.2, 0) is 14.3 Å². The second kappa shape index (κ2) is 7.04. The van der Waals surface area contributed by atoms with Gasteiger partial charge in [0.1, 0.15) is 0 Å². The molecule has 2 fully saturated rings. The molecule has 6 nitrogen and oxygen atoms in total. The Hall–Kier alpha value is -1.14. The smallest absolute Gasteiger partial charge is 0.311 e. The molecule has 0 bridgehead atoms. The Bertz CT molecular complexity index is 347. The molecule has 2 rings (SSSR count). The Morgan fingerprint density at radius 1 is 1.35 bits per heavy atom. The van der Waals surface area contributed by atoms with Gasteiger partial charge in [0.25, 0.3) is 0 Å². The lowest BCUT2D eigenvalue weighted by Gasteiger charge is -2.33. The molecule has 2 aliphatic rings. The van der Waals surface area contributed by atoms with Crippen molar-refractivity contribution in [2.75, 3.05) is 32.8 Å². The van der Waals surface area contributed by atoms with Crippen LogP contribution in [0.3, 0.4) is 0 Å². The predicted octanol–water partition coefficient (Wildman–Crippen LogP) is 0.374. The fourth-order valence-corrected chi connectivity index (χ4v) is 2.93. The van der Waals surface area contributed by atoms with Crippen LogP contribution < -0.4 is 10.6 Å². The van der Waals surface area contributed by atoms with Crippen LogP contribution in [0.25, 0.3) is 0 Å².